The summed E-state index contributed by atoms with van der Waals surface area (Å²) in [7, 11) is 2.04. The monoisotopic (exact) mass is 321 g/mol. The van der Waals surface area contributed by atoms with Crippen molar-refractivity contribution in [2.75, 3.05) is 13.6 Å². The molecule has 1 aromatic rings. The Morgan fingerprint density at radius 3 is 2.68 bits per heavy atom. The largest absolute Gasteiger partial charge is 0.316 e. The van der Waals surface area contributed by atoms with Gasteiger partial charge in [-0.1, -0.05) is 59.0 Å². The van der Waals surface area contributed by atoms with Crippen LogP contribution in [-0.4, -0.2) is 13.6 Å². The van der Waals surface area contributed by atoms with Gasteiger partial charge in [-0.15, -0.1) is 0 Å². The van der Waals surface area contributed by atoms with Crippen molar-refractivity contribution in [2.24, 2.45) is 5.92 Å². The molecule has 1 saturated carbocycles. The number of halogens is 1. The predicted molar refractivity (Wildman–Crippen MR) is 87.4 cm³/mol. The second kappa shape index (κ2) is 7.25. The fraction of sp³-hybridized carbons (Fsp3) is 0.529. The van der Waals surface area contributed by atoms with E-state index in [2.05, 4.69) is 52.4 Å². The lowest BCUT2D eigenvalue weighted by Crippen LogP contribution is -2.19. The second-order valence-electron chi connectivity index (χ2n) is 5.59. The van der Waals surface area contributed by atoms with Crippen LogP contribution >= 0.6 is 15.9 Å². The zero-order valence-corrected chi connectivity index (χ0v) is 13.6. The average Bonchev–Trinajstić information content (AvgIpc) is 2.43. The molecule has 0 heterocycles. The van der Waals surface area contributed by atoms with Gasteiger partial charge >= 0.3 is 0 Å². The van der Waals surface area contributed by atoms with E-state index < -0.39 is 0 Å². The molecular weight excluding hydrogens is 298 g/mol. The summed E-state index contributed by atoms with van der Waals surface area (Å²) in [5.74, 6) is 0.779. The minimum absolute atomic E-state index is 0.779. The molecule has 0 radical (unpaired) electrons. The van der Waals surface area contributed by atoms with Gasteiger partial charge in [-0.25, -0.2) is 0 Å². The zero-order valence-electron chi connectivity index (χ0n) is 12.0. The Kier molecular flexibility index (Phi) is 5.65. The van der Waals surface area contributed by atoms with Gasteiger partial charge in [0.15, 0.2) is 0 Å². The van der Waals surface area contributed by atoms with E-state index in [1.807, 2.05) is 7.05 Å². The van der Waals surface area contributed by atoms with Crippen LogP contribution in [0.4, 0.5) is 0 Å². The Bertz CT molecular complexity index is 445. The van der Waals surface area contributed by atoms with E-state index in [4.69, 9.17) is 0 Å². The lowest BCUT2D eigenvalue weighted by atomic mass is 9.83. The highest BCUT2D eigenvalue weighted by Gasteiger charge is 2.17. The summed E-state index contributed by atoms with van der Waals surface area (Å²) < 4.78 is 1.20. The molecule has 1 aromatic carbocycles. The van der Waals surface area contributed by atoms with E-state index in [1.54, 1.807) is 5.57 Å². The number of benzene rings is 1. The molecule has 0 bridgehead atoms. The highest BCUT2D eigenvalue weighted by atomic mass is 79.9. The van der Waals surface area contributed by atoms with Crippen molar-refractivity contribution in [3.8, 4) is 0 Å². The first-order valence-electron chi connectivity index (χ1n) is 7.32. The topological polar surface area (TPSA) is 12.0 Å². The molecule has 0 atom stereocenters. The lowest BCUT2D eigenvalue weighted by Gasteiger charge is -2.24. The minimum atomic E-state index is 0.779. The number of hydrogen-bond acceptors (Lipinski definition) is 1. The average molecular weight is 322 g/mol. The summed E-state index contributed by atoms with van der Waals surface area (Å²) in [6, 6.07) is 6.64. The quantitative estimate of drug-likeness (QED) is 0.828. The first-order chi connectivity index (χ1) is 9.20. The zero-order chi connectivity index (χ0) is 13.7. The third kappa shape index (κ3) is 4.19. The van der Waals surface area contributed by atoms with Crippen LogP contribution in [0.1, 0.15) is 43.2 Å². The fourth-order valence-corrected chi connectivity index (χ4v) is 3.30. The molecule has 1 N–H and O–H groups in total. The maximum atomic E-state index is 3.63. The van der Waals surface area contributed by atoms with E-state index in [1.165, 1.54) is 47.7 Å². The number of rotatable bonds is 4. The van der Waals surface area contributed by atoms with Crippen molar-refractivity contribution < 1.29 is 0 Å². The first kappa shape index (κ1) is 14.8. The van der Waals surface area contributed by atoms with Crippen molar-refractivity contribution in [2.45, 2.75) is 39.0 Å². The Hall–Kier alpha value is -0.600. The van der Waals surface area contributed by atoms with Gasteiger partial charge in [-0.2, -0.15) is 0 Å². The Morgan fingerprint density at radius 2 is 2.05 bits per heavy atom. The molecule has 0 unspecified atom stereocenters. The van der Waals surface area contributed by atoms with Crippen LogP contribution < -0.4 is 5.32 Å². The Labute approximate surface area is 125 Å². The van der Waals surface area contributed by atoms with Gasteiger partial charge in [0.05, 0.1) is 0 Å². The van der Waals surface area contributed by atoms with Gasteiger partial charge in [-0.3, -0.25) is 0 Å². The predicted octanol–water partition coefficient (Wildman–Crippen LogP) is 4.94. The van der Waals surface area contributed by atoms with Crippen molar-refractivity contribution in [3.63, 3.8) is 0 Å². The van der Waals surface area contributed by atoms with Crippen molar-refractivity contribution in [1.82, 2.24) is 5.32 Å². The minimum Gasteiger partial charge on any atom is -0.316 e. The fourth-order valence-electron chi connectivity index (χ4n) is 2.90. The highest BCUT2D eigenvalue weighted by Crippen LogP contribution is 2.31. The molecule has 0 saturated heterocycles. The van der Waals surface area contributed by atoms with Crippen LogP contribution in [0, 0.1) is 12.8 Å². The molecule has 1 nitrogen and oxygen atoms in total. The Balaban J connectivity index is 2.20. The molecule has 104 valence electrons. The third-order valence-electron chi connectivity index (χ3n) is 4.06. The van der Waals surface area contributed by atoms with E-state index in [0.717, 1.165) is 12.5 Å². The molecule has 1 aliphatic rings. The van der Waals surface area contributed by atoms with Crippen LogP contribution in [-0.2, 0) is 0 Å². The van der Waals surface area contributed by atoms with Gasteiger partial charge < -0.3 is 5.32 Å². The Morgan fingerprint density at radius 1 is 1.32 bits per heavy atom. The summed E-state index contributed by atoms with van der Waals surface area (Å²) in [6.07, 6.45) is 9.31. The smallest absolute Gasteiger partial charge is 0.0210 e. The van der Waals surface area contributed by atoms with E-state index in [9.17, 15) is 0 Å². The van der Waals surface area contributed by atoms with Gasteiger partial charge in [0.2, 0.25) is 0 Å². The van der Waals surface area contributed by atoms with Gasteiger partial charge in [0.1, 0.15) is 0 Å². The molecule has 0 spiro atoms. The highest BCUT2D eigenvalue weighted by molar-refractivity contribution is 9.10. The van der Waals surface area contributed by atoms with Gasteiger partial charge in [0.25, 0.3) is 0 Å². The summed E-state index contributed by atoms with van der Waals surface area (Å²) in [6.45, 7) is 3.14. The maximum absolute atomic E-state index is 3.63. The van der Waals surface area contributed by atoms with E-state index in [0.29, 0.717) is 0 Å². The van der Waals surface area contributed by atoms with Crippen molar-refractivity contribution in [1.29, 1.82) is 0 Å². The molecule has 0 amide bonds. The lowest BCUT2D eigenvalue weighted by molar-refractivity contribution is 0.398. The van der Waals surface area contributed by atoms with Gasteiger partial charge in [-0.05, 0) is 49.9 Å². The molecule has 0 aromatic heterocycles. The van der Waals surface area contributed by atoms with Crippen LogP contribution in [0.3, 0.4) is 0 Å². The summed E-state index contributed by atoms with van der Waals surface area (Å²) in [5, 5.41) is 3.33. The van der Waals surface area contributed by atoms with Crippen LogP contribution in [0.5, 0.6) is 0 Å². The second-order valence-corrected chi connectivity index (χ2v) is 6.45. The standard InChI is InChI=1S/C17H24BrN/c1-13-8-9-14(11-17(13)18)10-16(12-19-2)15-6-4-3-5-7-15/h8-11,15,19H,3-7,12H2,1-2H3/b16-10-. The number of likely N-dealkylation sites (N-methyl/N-ethyl adjacent to an activating group) is 1. The molecule has 2 rings (SSSR count). The third-order valence-corrected chi connectivity index (χ3v) is 4.91. The summed E-state index contributed by atoms with van der Waals surface area (Å²) in [4.78, 5) is 0. The van der Waals surface area contributed by atoms with E-state index >= 15 is 0 Å². The summed E-state index contributed by atoms with van der Waals surface area (Å²) >= 11 is 3.63. The van der Waals surface area contributed by atoms with E-state index in [-0.39, 0.29) is 0 Å². The normalized spacial score (nSPS) is 17.7. The van der Waals surface area contributed by atoms with Crippen LogP contribution in [0.2, 0.25) is 0 Å². The SMILES string of the molecule is CNC/C(=C/c1ccc(C)c(Br)c1)C1CCCCC1. The van der Waals surface area contributed by atoms with Crippen molar-refractivity contribution in [3.05, 3.63) is 39.4 Å². The molecular formula is C17H24BrN. The number of nitrogens with one attached hydrogen (secondary N) is 1. The molecule has 1 aliphatic carbocycles. The maximum Gasteiger partial charge on any atom is 0.0210 e. The van der Waals surface area contributed by atoms with Crippen LogP contribution in [0.25, 0.3) is 6.08 Å². The van der Waals surface area contributed by atoms with Crippen LogP contribution in [0.15, 0.2) is 28.2 Å². The molecule has 19 heavy (non-hydrogen) atoms. The molecule has 2 heteroatoms. The molecule has 1 fully saturated rings. The number of hydrogen-bond donors (Lipinski definition) is 1. The van der Waals surface area contributed by atoms with Crippen molar-refractivity contribution >= 4 is 22.0 Å². The first-order valence-corrected chi connectivity index (χ1v) is 8.11. The molecule has 0 aliphatic heterocycles. The number of aryl methyl sites for hydroxylation is 1. The summed E-state index contributed by atoms with van der Waals surface area (Å²) in [5.41, 5.74) is 4.18. The van der Waals surface area contributed by atoms with Gasteiger partial charge in [0, 0.05) is 11.0 Å².